The molecule has 0 aliphatic carbocycles. The van der Waals surface area contributed by atoms with E-state index in [-0.39, 0.29) is 5.92 Å². The summed E-state index contributed by atoms with van der Waals surface area (Å²) in [7, 11) is 0. The van der Waals surface area contributed by atoms with Gasteiger partial charge in [0.25, 0.3) is 0 Å². The second-order valence-electron chi connectivity index (χ2n) is 2.80. The highest BCUT2D eigenvalue weighted by Crippen LogP contribution is 2.05. The molecule has 0 saturated heterocycles. The van der Waals surface area contributed by atoms with Crippen molar-refractivity contribution in [1.82, 2.24) is 0 Å². The maximum absolute atomic E-state index is 10.3. The van der Waals surface area contributed by atoms with Crippen molar-refractivity contribution in [2.45, 2.75) is 13.3 Å². The second kappa shape index (κ2) is 3.91. The molecule has 0 saturated carbocycles. The lowest BCUT2D eigenvalue weighted by molar-refractivity contribution is -0.110. The average molecular weight is 148 g/mol. The van der Waals surface area contributed by atoms with Gasteiger partial charge in [0, 0.05) is 5.92 Å². The molecule has 58 valence electrons. The predicted octanol–water partition coefficient (Wildman–Crippen LogP) is 2.06. The van der Waals surface area contributed by atoms with Gasteiger partial charge in [0.05, 0.1) is 0 Å². The number of benzene rings is 1. The van der Waals surface area contributed by atoms with Crippen LogP contribution in [0, 0.1) is 5.92 Å². The Balaban J connectivity index is 2.57. The molecule has 1 aromatic rings. The van der Waals surface area contributed by atoms with E-state index < -0.39 is 0 Å². The molecule has 0 aliphatic heterocycles. The molecule has 1 nitrogen and oxygen atoms in total. The summed E-state index contributed by atoms with van der Waals surface area (Å²) in [4.78, 5) is 10.3. The Bertz CT molecular complexity index is 216. The van der Waals surface area contributed by atoms with Crippen LogP contribution in [0.1, 0.15) is 12.5 Å². The lowest BCUT2D eigenvalue weighted by Gasteiger charge is -2.01. The molecule has 0 heterocycles. The zero-order chi connectivity index (χ0) is 8.10. The van der Waals surface area contributed by atoms with Crippen molar-refractivity contribution >= 4 is 6.29 Å². The predicted molar refractivity (Wildman–Crippen MR) is 45.4 cm³/mol. The zero-order valence-corrected chi connectivity index (χ0v) is 6.66. The normalized spacial score (nSPS) is 12.5. The van der Waals surface area contributed by atoms with Gasteiger partial charge in [-0.15, -0.1) is 0 Å². The van der Waals surface area contributed by atoms with Crippen molar-refractivity contribution in [3.05, 3.63) is 35.9 Å². The molecule has 1 heteroatoms. The molecular weight excluding hydrogens is 136 g/mol. The van der Waals surface area contributed by atoms with Gasteiger partial charge in [-0.25, -0.2) is 0 Å². The molecule has 0 N–H and O–H groups in total. The minimum atomic E-state index is 0.136. The summed E-state index contributed by atoms with van der Waals surface area (Å²) in [5, 5.41) is 0. The molecule has 1 unspecified atom stereocenters. The van der Waals surface area contributed by atoms with E-state index in [1.807, 2.05) is 37.3 Å². The largest absolute Gasteiger partial charge is 0.303 e. The minimum absolute atomic E-state index is 0.136. The molecule has 1 atom stereocenters. The number of carbonyl (C=O) groups is 1. The lowest BCUT2D eigenvalue weighted by atomic mass is 10.0. The number of rotatable bonds is 3. The van der Waals surface area contributed by atoms with E-state index in [1.165, 1.54) is 5.56 Å². The molecule has 1 aromatic carbocycles. The standard InChI is InChI=1S/C10H12O/c1-9(8-11)7-10-5-3-2-4-6-10/h2-6,8-9H,7H2,1H3. The van der Waals surface area contributed by atoms with Crippen LogP contribution in [0.15, 0.2) is 30.3 Å². The first-order chi connectivity index (χ1) is 5.33. The van der Waals surface area contributed by atoms with E-state index in [9.17, 15) is 4.79 Å². The smallest absolute Gasteiger partial charge is 0.123 e. The van der Waals surface area contributed by atoms with Crippen molar-refractivity contribution in [1.29, 1.82) is 0 Å². The van der Waals surface area contributed by atoms with Gasteiger partial charge in [-0.1, -0.05) is 37.3 Å². The van der Waals surface area contributed by atoms with Crippen LogP contribution in [0.4, 0.5) is 0 Å². The van der Waals surface area contributed by atoms with Crippen molar-refractivity contribution in [2.75, 3.05) is 0 Å². The number of carbonyl (C=O) groups excluding carboxylic acids is 1. The van der Waals surface area contributed by atoms with Gasteiger partial charge in [0.2, 0.25) is 0 Å². The zero-order valence-electron chi connectivity index (χ0n) is 6.66. The van der Waals surface area contributed by atoms with Crippen LogP contribution in [0.2, 0.25) is 0 Å². The van der Waals surface area contributed by atoms with Crippen LogP contribution in [-0.4, -0.2) is 6.29 Å². The molecule has 0 radical (unpaired) electrons. The van der Waals surface area contributed by atoms with E-state index in [0.717, 1.165) is 12.7 Å². The summed E-state index contributed by atoms with van der Waals surface area (Å²) in [6.45, 7) is 1.93. The molecule has 0 bridgehead atoms. The van der Waals surface area contributed by atoms with E-state index in [0.29, 0.717) is 0 Å². The van der Waals surface area contributed by atoms with E-state index in [2.05, 4.69) is 0 Å². The molecule has 0 aromatic heterocycles. The van der Waals surface area contributed by atoms with Crippen LogP contribution in [0.3, 0.4) is 0 Å². The highest BCUT2D eigenvalue weighted by atomic mass is 16.1. The Morgan fingerprint density at radius 1 is 1.36 bits per heavy atom. The Kier molecular flexibility index (Phi) is 2.84. The van der Waals surface area contributed by atoms with E-state index in [1.54, 1.807) is 0 Å². The van der Waals surface area contributed by atoms with Gasteiger partial charge >= 0.3 is 0 Å². The van der Waals surface area contributed by atoms with Gasteiger partial charge in [-0.2, -0.15) is 0 Å². The summed E-state index contributed by atoms with van der Waals surface area (Å²) in [5.41, 5.74) is 1.23. The first-order valence-corrected chi connectivity index (χ1v) is 3.82. The Morgan fingerprint density at radius 2 is 2.00 bits per heavy atom. The minimum Gasteiger partial charge on any atom is -0.303 e. The molecular formula is C10H12O. The van der Waals surface area contributed by atoms with Crippen LogP contribution >= 0.6 is 0 Å². The van der Waals surface area contributed by atoms with Crippen molar-refractivity contribution in [3.63, 3.8) is 0 Å². The summed E-state index contributed by atoms with van der Waals surface area (Å²) in [5.74, 6) is 0.136. The number of hydrogen-bond donors (Lipinski definition) is 0. The summed E-state index contributed by atoms with van der Waals surface area (Å²) in [6.07, 6.45) is 1.84. The molecule has 0 aliphatic rings. The van der Waals surface area contributed by atoms with Gasteiger partial charge in [-0.05, 0) is 12.0 Å². The lowest BCUT2D eigenvalue weighted by Crippen LogP contribution is -1.99. The highest BCUT2D eigenvalue weighted by molar-refractivity contribution is 5.53. The van der Waals surface area contributed by atoms with E-state index in [4.69, 9.17) is 0 Å². The van der Waals surface area contributed by atoms with Gasteiger partial charge < -0.3 is 4.79 Å². The molecule has 1 rings (SSSR count). The fourth-order valence-corrected chi connectivity index (χ4v) is 1.03. The topological polar surface area (TPSA) is 17.1 Å². The van der Waals surface area contributed by atoms with Crippen LogP contribution in [-0.2, 0) is 11.2 Å². The third kappa shape index (κ3) is 2.54. The maximum atomic E-state index is 10.3. The fraction of sp³-hybridized carbons (Fsp3) is 0.300. The van der Waals surface area contributed by atoms with Crippen molar-refractivity contribution in [2.24, 2.45) is 5.92 Å². The Morgan fingerprint density at radius 3 is 2.55 bits per heavy atom. The van der Waals surface area contributed by atoms with Gasteiger partial charge in [0.15, 0.2) is 0 Å². The second-order valence-corrected chi connectivity index (χ2v) is 2.80. The number of hydrogen-bond acceptors (Lipinski definition) is 1. The SMILES string of the molecule is CC(C=O)Cc1ccccc1. The average Bonchev–Trinajstić information content (AvgIpc) is 2.06. The van der Waals surface area contributed by atoms with Crippen molar-refractivity contribution in [3.8, 4) is 0 Å². The summed E-state index contributed by atoms with van der Waals surface area (Å²) >= 11 is 0. The Labute approximate surface area is 67.1 Å². The van der Waals surface area contributed by atoms with Crippen LogP contribution < -0.4 is 0 Å². The summed E-state index contributed by atoms with van der Waals surface area (Å²) < 4.78 is 0. The molecule has 11 heavy (non-hydrogen) atoms. The highest BCUT2D eigenvalue weighted by Gasteiger charge is 1.99. The number of aldehydes is 1. The third-order valence-corrected chi connectivity index (χ3v) is 1.63. The quantitative estimate of drug-likeness (QED) is 0.600. The fourth-order valence-electron chi connectivity index (χ4n) is 1.03. The first-order valence-electron chi connectivity index (χ1n) is 3.82. The Hall–Kier alpha value is -1.11. The monoisotopic (exact) mass is 148 g/mol. The van der Waals surface area contributed by atoms with Crippen LogP contribution in [0.5, 0.6) is 0 Å². The van der Waals surface area contributed by atoms with E-state index >= 15 is 0 Å². The third-order valence-electron chi connectivity index (χ3n) is 1.63. The van der Waals surface area contributed by atoms with Gasteiger partial charge in [-0.3, -0.25) is 0 Å². The first kappa shape index (κ1) is 7.99. The van der Waals surface area contributed by atoms with Crippen molar-refractivity contribution < 1.29 is 4.79 Å². The van der Waals surface area contributed by atoms with Crippen LogP contribution in [0.25, 0.3) is 0 Å². The van der Waals surface area contributed by atoms with Gasteiger partial charge in [0.1, 0.15) is 6.29 Å². The molecule has 0 spiro atoms. The maximum Gasteiger partial charge on any atom is 0.123 e. The molecule has 0 fully saturated rings. The summed E-state index contributed by atoms with van der Waals surface area (Å²) in [6, 6.07) is 10.1. The molecule has 0 amide bonds.